The molecule has 0 saturated heterocycles. The highest BCUT2D eigenvalue weighted by Crippen LogP contribution is 2.51. The number of halogens is 4. The van der Waals surface area contributed by atoms with Crippen molar-refractivity contribution in [2.45, 2.75) is 37.1 Å². The highest BCUT2D eigenvalue weighted by Gasteiger charge is 2.20. The van der Waals surface area contributed by atoms with Crippen molar-refractivity contribution in [2.75, 3.05) is 0 Å². The summed E-state index contributed by atoms with van der Waals surface area (Å²) >= 11 is 35.8. The monoisotopic (exact) mass is 2010 g/mol. The van der Waals surface area contributed by atoms with Gasteiger partial charge in [-0.05, 0) is 191 Å². The van der Waals surface area contributed by atoms with Crippen molar-refractivity contribution in [1.29, 1.82) is 0 Å². The SMILES string of the molecule is BrCc1ccc2sc3c4cc(CBr)ccc4sc3c2c1.Brc1ccc2sc3c4cc(Br)ccc4sc3c2c1.O=Cc1ccc2sc3c4cc(C=O)ccc4sc3c2c1.O=Cc1ccc2sc3c4cc(C=O)ccc4sc3c2c1.OCc1ccc2sc3c4cc(CO)ccc4sc3c2c1.OCc1ccc2sc3c4cc(CO)ccc4sc3c2c1. The number of aliphatic hydroxyl groups is 4. The standard InChI is InChI=1S/C16H10Br2S2.2C16H12O2S2.2C16H8O2S2.C14H6Br2S2/c5*17-7-9-1-3-13-11(5-9)15-16(19-13)12-6-10(8-18)2-4-14(12)20-15;15-7-1-3-11-9(5-7)13-14(17-11)10-6-8(16)2-4-12(10)18-13/h1-6H,7-8H2;2*1-6,17-18H,7-8H2;2*1-8H;1-6H. The second kappa shape index (κ2) is 33.9. The molecule has 0 aliphatic rings. The summed E-state index contributed by atoms with van der Waals surface area (Å²) in [5.74, 6) is 0. The Morgan fingerprint density at radius 1 is 0.203 bits per heavy atom. The van der Waals surface area contributed by atoms with Crippen LogP contribution in [0.3, 0.4) is 0 Å². The fourth-order valence-electron chi connectivity index (χ4n) is 14.7. The molecule has 0 atom stereocenters. The second-order valence-electron chi connectivity index (χ2n) is 27.8. The van der Waals surface area contributed by atoms with Gasteiger partial charge in [0.1, 0.15) is 25.1 Å². The first-order chi connectivity index (χ1) is 57.7. The lowest BCUT2D eigenvalue weighted by molar-refractivity contribution is 0.111. The normalized spacial score (nSPS) is 11.7. The average molecular weight is 2020 g/mol. The van der Waals surface area contributed by atoms with Crippen molar-refractivity contribution in [3.63, 3.8) is 0 Å². The average Bonchev–Trinajstić information content (AvgIpc) is 1.63. The van der Waals surface area contributed by atoms with E-state index < -0.39 is 0 Å². The van der Waals surface area contributed by atoms with Crippen LogP contribution in [-0.2, 0) is 37.1 Å². The zero-order valence-electron chi connectivity index (χ0n) is 61.2. The van der Waals surface area contributed by atoms with Gasteiger partial charge < -0.3 is 20.4 Å². The third kappa shape index (κ3) is 15.0. The van der Waals surface area contributed by atoms with E-state index >= 15 is 0 Å². The zero-order valence-corrected chi connectivity index (χ0v) is 77.3. The number of carbonyl (C=O) groups excluding carboxylic acids is 4. The summed E-state index contributed by atoms with van der Waals surface area (Å²) in [5, 5.41) is 54.0. The van der Waals surface area contributed by atoms with Gasteiger partial charge in [0.25, 0.3) is 0 Å². The van der Waals surface area contributed by atoms with Crippen molar-refractivity contribution in [3.05, 3.63) is 283 Å². The predicted octanol–water partition coefficient (Wildman–Crippen LogP) is 32.1. The molecule has 0 radical (unpaired) electrons. The third-order valence-corrected chi connectivity index (χ3v) is 38.0. The molecule has 12 heterocycles. The summed E-state index contributed by atoms with van der Waals surface area (Å²) in [6.45, 7) is 0.305. The topological polar surface area (TPSA) is 149 Å². The molecule has 580 valence electrons. The van der Waals surface area contributed by atoms with Gasteiger partial charge in [0.2, 0.25) is 0 Å². The van der Waals surface area contributed by atoms with Crippen LogP contribution in [-0.4, -0.2) is 45.6 Å². The molecule has 24 heteroatoms. The maximum Gasteiger partial charge on any atom is 0.150 e. The lowest BCUT2D eigenvalue weighted by Gasteiger charge is -1.96. The quantitative estimate of drug-likeness (QED) is 0.0781. The van der Waals surface area contributed by atoms with Crippen LogP contribution in [0.25, 0.3) is 177 Å². The molecule has 0 unspecified atom stereocenters. The molecule has 12 aromatic heterocycles. The molecule has 0 spiro atoms. The van der Waals surface area contributed by atoms with Gasteiger partial charge in [0, 0.05) is 163 Å². The highest BCUT2D eigenvalue weighted by molar-refractivity contribution is 9.11. The number of rotatable bonds is 10. The van der Waals surface area contributed by atoms with Crippen molar-refractivity contribution >= 4 is 402 Å². The van der Waals surface area contributed by atoms with E-state index in [1.165, 1.54) is 167 Å². The minimum atomic E-state index is 0.0762. The summed E-state index contributed by atoms with van der Waals surface area (Å²) in [4.78, 5) is 43.7. The van der Waals surface area contributed by atoms with Crippen molar-refractivity contribution in [1.82, 2.24) is 0 Å². The van der Waals surface area contributed by atoms with Crippen LogP contribution in [0, 0.1) is 0 Å². The Balaban J connectivity index is 0.0000000941. The van der Waals surface area contributed by atoms with E-state index in [4.69, 9.17) is 0 Å². The van der Waals surface area contributed by atoms with Crippen LogP contribution in [0.1, 0.15) is 74.8 Å². The van der Waals surface area contributed by atoms with Gasteiger partial charge in [-0.3, -0.25) is 19.2 Å². The summed E-state index contributed by atoms with van der Waals surface area (Å²) < 4.78 is 33.1. The Morgan fingerprint density at radius 2 is 0.356 bits per heavy atom. The van der Waals surface area contributed by atoms with E-state index in [9.17, 15) is 39.6 Å². The van der Waals surface area contributed by atoms with Gasteiger partial charge in [-0.1, -0.05) is 124 Å². The molecule has 0 bridgehead atoms. The molecule has 0 aliphatic carbocycles. The van der Waals surface area contributed by atoms with Crippen LogP contribution in [0.4, 0.5) is 0 Å². The fourth-order valence-corrected chi connectivity index (χ4v) is 31.7. The highest BCUT2D eigenvalue weighted by atomic mass is 79.9. The largest absolute Gasteiger partial charge is 0.392 e. The number of benzene rings is 12. The van der Waals surface area contributed by atoms with Crippen molar-refractivity contribution in [3.8, 4) is 0 Å². The first-order valence-corrected chi connectivity index (χ1v) is 50.3. The zero-order chi connectivity index (χ0) is 80.7. The van der Waals surface area contributed by atoms with Gasteiger partial charge in [0.05, 0.1) is 82.8 Å². The van der Waals surface area contributed by atoms with Gasteiger partial charge in [0.15, 0.2) is 0 Å². The Labute approximate surface area is 753 Å². The van der Waals surface area contributed by atoms with E-state index in [1.54, 1.807) is 90.7 Å². The molecule has 0 fully saturated rings. The first-order valence-electron chi connectivity index (χ1n) is 36.7. The van der Waals surface area contributed by atoms with E-state index in [0.717, 1.165) is 88.5 Å². The fraction of sp³-hybridized carbons (Fsp3) is 0.0638. The van der Waals surface area contributed by atoms with Crippen LogP contribution < -0.4 is 0 Å². The molecule has 0 amide bonds. The van der Waals surface area contributed by atoms with E-state index in [2.05, 4.69) is 185 Å². The van der Waals surface area contributed by atoms with E-state index in [0.29, 0.717) is 22.3 Å². The number of hydrogen-bond donors (Lipinski definition) is 4. The molecular formula is C94H56Br4O8S12. The van der Waals surface area contributed by atoms with Crippen LogP contribution in [0.15, 0.2) is 227 Å². The molecule has 8 nitrogen and oxygen atoms in total. The summed E-state index contributed by atoms with van der Waals surface area (Å²) in [7, 11) is 0. The molecule has 12 aromatic carbocycles. The molecule has 4 N–H and O–H groups in total. The number of thiophene rings is 12. The Kier molecular flexibility index (Phi) is 22.9. The Bertz CT molecular complexity index is 7140. The lowest BCUT2D eigenvalue weighted by Crippen LogP contribution is -1.79. The minimum absolute atomic E-state index is 0.0762. The van der Waals surface area contributed by atoms with E-state index in [-0.39, 0.29) is 26.4 Å². The molecule has 118 heavy (non-hydrogen) atoms. The summed E-state index contributed by atoms with van der Waals surface area (Å²) in [6.07, 6.45) is 3.50. The van der Waals surface area contributed by atoms with Crippen LogP contribution >= 0.6 is 200 Å². The van der Waals surface area contributed by atoms with Gasteiger partial charge >= 0.3 is 0 Å². The molecule has 24 aromatic rings. The third-order valence-electron chi connectivity index (χ3n) is 20.5. The number of fused-ring (bicyclic) bond motifs is 30. The molecule has 0 aliphatic heterocycles. The van der Waals surface area contributed by atoms with E-state index in [1.807, 2.05) is 142 Å². The molecule has 0 saturated carbocycles. The number of aldehydes is 4. The van der Waals surface area contributed by atoms with Crippen LogP contribution in [0.5, 0.6) is 0 Å². The minimum Gasteiger partial charge on any atom is -0.392 e. The second-order valence-corrected chi connectivity index (χ2v) is 43.4. The first kappa shape index (κ1) is 79.9. The molecule has 24 rings (SSSR count). The summed E-state index contributed by atoms with van der Waals surface area (Å²) in [5.41, 5.74) is 9.28. The van der Waals surface area contributed by atoms with Crippen LogP contribution in [0.2, 0.25) is 0 Å². The van der Waals surface area contributed by atoms with Gasteiger partial charge in [-0.15, -0.1) is 136 Å². The maximum atomic E-state index is 10.9. The van der Waals surface area contributed by atoms with Gasteiger partial charge in [-0.2, -0.15) is 0 Å². The van der Waals surface area contributed by atoms with Crippen molar-refractivity contribution < 1.29 is 39.6 Å². The number of hydrogen-bond acceptors (Lipinski definition) is 20. The Hall–Kier alpha value is -7.84. The maximum absolute atomic E-state index is 10.9. The smallest absolute Gasteiger partial charge is 0.150 e. The Morgan fingerprint density at radius 3 is 0.534 bits per heavy atom. The predicted molar refractivity (Wildman–Crippen MR) is 534 cm³/mol. The number of aliphatic hydroxyl groups excluding tert-OH is 4. The number of carbonyl (C=O) groups is 4. The lowest BCUT2D eigenvalue weighted by atomic mass is 10.1. The number of alkyl halides is 2. The van der Waals surface area contributed by atoms with Gasteiger partial charge in [-0.25, -0.2) is 0 Å². The summed E-state index contributed by atoms with van der Waals surface area (Å²) in [6, 6.07) is 74.3. The van der Waals surface area contributed by atoms with Crippen molar-refractivity contribution in [2.24, 2.45) is 0 Å². The molecular weight excluding hydrogens is 1960 g/mol.